The Hall–Kier alpha value is -2.89. The lowest BCUT2D eigenvalue weighted by molar-refractivity contribution is -0.255. The topological polar surface area (TPSA) is 90.8 Å². The predicted octanol–water partition coefficient (Wildman–Crippen LogP) is 0.0773. The number of H-pyrrole nitrogens is 1. The zero-order valence-corrected chi connectivity index (χ0v) is 9.66. The van der Waals surface area contributed by atoms with Crippen LogP contribution in [-0.2, 0) is 0 Å². The Morgan fingerprint density at radius 2 is 2.00 bits per heavy atom. The summed E-state index contributed by atoms with van der Waals surface area (Å²) in [5.74, 6) is -1.50. The summed E-state index contributed by atoms with van der Waals surface area (Å²) >= 11 is 0. The maximum atomic E-state index is 11.9. The highest BCUT2D eigenvalue weighted by Gasteiger charge is 2.11. The number of fused-ring (bicyclic) bond motifs is 1. The van der Waals surface area contributed by atoms with Gasteiger partial charge in [0.25, 0.3) is 0 Å². The van der Waals surface area contributed by atoms with Gasteiger partial charge in [-0.15, -0.1) is 0 Å². The number of para-hydroxylation sites is 1. The SMILES string of the molecule is O=C([O-])c1c[nH]c2c(cnn2-c2ccccc2)c1=O. The quantitative estimate of drug-likeness (QED) is 0.701. The number of aromatic amines is 1. The number of carbonyl (C=O) groups excluding carboxylic acids is 1. The first-order valence-corrected chi connectivity index (χ1v) is 5.54. The summed E-state index contributed by atoms with van der Waals surface area (Å²) in [6.45, 7) is 0. The summed E-state index contributed by atoms with van der Waals surface area (Å²) in [5, 5.41) is 15.1. The Balaban J connectivity index is 2.29. The van der Waals surface area contributed by atoms with Gasteiger partial charge in [-0.1, -0.05) is 18.2 Å². The number of carboxylic acid groups (broad SMARTS) is 1. The van der Waals surface area contributed by atoms with Crippen molar-refractivity contribution in [3.8, 4) is 5.69 Å². The van der Waals surface area contributed by atoms with Crippen molar-refractivity contribution in [2.75, 3.05) is 0 Å². The molecule has 2 heterocycles. The molecule has 2 aromatic heterocycles. The number of carboxylic acids is 1. The van der Waals surface area contributed by atoms with Gasteiger partial charge >= 0.3 is 0 Å². The molecule has 3 rings (SSSR count). The molecule has 3 aromatic rings. The number of rotatable bonds is 2. The second-order valence-corrected chi connectivity index (χ2v) is 3.97. The van der Waals surface area contributed by atoms with Crippen LogP contribution in [0.2, 0.25) is 0 Å². The fourth-order valence-electron chi connectivity index (χ4n) is 1.92. The number of pyridine rings is 1. The number of nitrogens with zero attached hydrogens (tertiary/aromatic N) is 2. The fraction of sp³-hybridized carbons (Fsp3) is 0. The molecule has 6 heteroatoms. The van der Waals surface area contributed by atoms with E-state index in [0.29, 0.717) is 5.65 Å². The highest BCUT2D eigenvalue weighted by molar-refractivity contribution is 5.90. The molecular formula is C13H8N3O3-. The van der Waals surface area contributed by atoms with Gasteiger partial charge in [-0.2, -0.15) is 5.10 Å². The molecular weight excluding hydrogens is 246 g/mol. The summed E-state index contributed by atoms with van der Waals surface area (Å²) in [6.07, 6.45) is 2.47. The van der Waals surface area contributed by atoms with E-state index < -0.39 is 17.0 Å². The molecule has 1 aromatic carbocycles. The first kappa shape index (κ1) is 11.2. The van der Waals surface area contributed by atoms with Crippen LogP contribution in [-0.4, -0.2) is 20.7 Å². The van der Waals surface area contributed by atoms with Crippen LogP contribution >= 0.6 is 0 Å². The van der Waals surface area contributed by atoms with E-state index in [-0.39, 0.29) is 5.39 Å². The highest BCUT2D eigenvalue weighted by atomic mass is 16.4. The molecule has 0 bridgehead atoms. The van der Waals surface area contributed by atoms with E-state index in [4.69, 9.17) is 0 Å². The van der Waals surface area contributed by atoms with E-state index in [1.165, 1.54) is 10.9 Å². The van der Waals surface area contributed by atoms with Gasteiger partial charge in [0, 0.05) is 6.20 Å². The molecule has 0 aliphatic carbocycles. The fourth-order valence-corrected chi connectivity index (χ4v) is 1.92. The van der Waals surface area contributed by atoms with E-state index >= 15 is 0 Å². The zero-order valence-electron chi connectivity index (χ0n) is 9.66. The number of aromatic carboxylic acids is 1. The van der Waals surface area contributed by atoms with Crippen LogP contribution in [0.1, 0.15) is 10.4 Å². The van der Waals surface area contributed by atoms with Crippen LogP contribution in [0.4, 0.5) is 0 Å². The van der Waals surface area contributed by atoms with Crippen molar-refractivity contribution in [1.82, 2.24) is 14.8 Å². The van der Waals surface area contributed by atoms with Crippen molar-refractivity contribution in [2.45, 2.75) is 0 Å². The normalized spacial score (nSPS) is 10.7. The smallest absolute Gasteiger partial charge is 0.201 e. The van der Waals surface area contributed by atoms with Crippen LogP contribution in [0.15, 0.2) is 47.5 Å². The van der Waals surface area contributed by atoms with Gasteiger partial charge in [-0.25, -0.2) is 4.68 Å². The van der Waals surface area contributed by atoms with Crippen molar-refractivity contribution in [2.24, 2.45) is 0 Å². The standard InChI is InChI=1S/C13H9N3O3/c17-11-9-7-15-16(8-4-2-1-3-5-8)12(9)14-6-10(11)13(18)19/h1-7H,(H,14,17)(H,18,19)/p-1. The van der Waals surface area contributed by atoms with Gasteiger partial charge in [0.1, 0.15) is 5.65 Å². The predicted molar refractivity (Wildman–Crippen MR) is 66.0 cm³/mol. The summed E-state index contributed by atoms with van der Waals surface area (Å²) in [7, 11) is 0. The van der Waals surface area contributed by atoms with Gasteiger partial charge in [-0.3, -0.25) is 4.79 Å². The minimum Gasteiger partial charge on any atom is -0.545 e. The molecule has 19 heavy (non-hydrogen) atoms. The number of hydrogen-bond acceptors (Lipinski definition) is 4. The minimum atomic E-state index is -1.50. The average Bonchev–Trinajstić information content (AvgIpc) is 2.84. The molecule has 0 saturated carbocycles. The van der Waals surface area contributed by atoms with Crippen LogP contribution in [0.25, 0.3) is 16.7 Å². The summed E-state index contributed by atoms with van der Waals surface area (Å²) in [6, 6.07) is 9.22. The van der Waals surface area contributed by atoms with Gasteiger partial charge in [-0.05, 0) is 12.1 Å². The number of benzene rings is 1. The third kappa shape index (κ3) is 1.70. The van der Waals surface area contributed by atoms with E-state index in [2.05, 4.69) is 10.1 Å². The van der Waals surface area contributed by atoms with E-state index in [0.717, 1.165) is 11.9 Å². The Morgan fingerprint density at radius 3 is 2.68 bits per heavy atom. The molecule has 0 saturated heterocycles. The molecule has 94 valence electrons. The molecule has 6 nitrogen and oxygen atoms in total. The Bertz CT molecular complexity index is 818. The monoisotopic (exact) mass is 254 g/mol. The Labute approximate surface area is 106 Å². The Kier molecular flexibility index (Phi) is 2.42. The molecule has 0 fully saturated rings. The lowest BCUT2D eigenvalue weighted by Crippen LogP contribution is -2.29. The molecule has 0 unspecified atom stereocenters. The molecule has 0 amide bonds. The third-order valence-corrected chi connectivity index (χ3v) is 2.83. The van der Waals surface area contributed by atoms with Crippen molar-refractivity contribution < 1.29 is 9.90 Å². The number of carbonyl (C=O) groups is 1. The van der Waals surface area contributed by atoms with Crippen molar-refractivity contribution in [3.05, 3.63) is 58.5 Å². The number of nitrogens with one attached hydrogen (secondary N) is 1. The molecule has 1 N–H and O–H groups in total. The summed E-state index contributed by atoms with van der Waals surface area (Å²) in [4.78, 5) is 25.5. The van der Waals surface area contributed by atoms with E-state index in [1.54, 1.807) is 0 Å². The molecule has 0 spiro atoms. The van der Waals surface area contributed by atoms with E-state index in [1.807, 2.05) is 30.3 Å². The number of aromatic nitrogens is 3. The number of hydrogen-bond donors (Lipinski definition) is 1. The van der Waals surface area contributed by atoms with Crippen LogP contribution in [0.5, 0.6) is 0 Å². The largest absolute Gasteiger partial charge is 0.545 e. The molecule has 0 radical (unpaired) electrons. The van der Waals surface area contributed by atoms with Gasteiger partial charge in [0.15, 0.2) is 0 Å². The summed E-state index contributed by atoms with van der Waals surface area (Å²) < 4.78 is 1.54. The van der Waals surface area contributed by atoms with Crippen molar-refractivity contribution in [3.63, 3.8) is 0 Å². The first-order valence-electron chi connectivity index (χ1n) is 5.54. The van der Waals surface area contributed by atoms with Gasteiger partial charge in [0.05, 0.1) is 28.8 Å². The second-order valence-electron chi connectivity index (χ2n) is 3.97. The highest BCUT2D eigenvalue weighted by Crippen LogP contribution is 2.13. The van der Waals surface area contributed by atoms with Gasteiger partial charge in [0.2, 0.25) is 5.43 Å². The van der Waals surface area contributed by atoms with Crippen molar-refractivity contribution >= 4 is 17.0 Å². The second kappa shape index (κ2) is 4.09. The van der Waals surface area contributed by atoms with Gasteiger partial charge < -0.3 is 14.9 Å². The maximum absolute atomic E-state index is 11.9. The lowest BCUT2D eigenvalue weighted by Gasteiger charge is -2.04. The maximum Gasteiger partial charge on any atom is 0.201 e. The first-order chi connectivity index (χ1) is 9.18. The van der Waals surface area contributed by atoms with Crippen LogP contribution in [0, 0.1) is 0 Å². The Morgan fingerprint density at radius 1 is 1.26 bits per heavy atom. The van der Waals surface area contributed by atoms with Crippen LogP contribution in [0.3, 0.4) is 0 Å². The summed E-state index contributed by atoms with van der Waals surface area (Å²) in [5.41, 5.74) is 0.214. The average molecular weight is 254 g/mol. The minimum absolute atomic E-state index is 0.213. The molecule has 0 atom stereocenters. The van der Waals surface area contributed by atoms with Crippen LogP contribution < -0.4 is 10.5 Å². The third-order valence-electron chi connectivity index (χ3n) is 2.83. The van der Waals surface area contributed by atoms with E-state index in [9.17, 15) is 14.7 Å². The lowest BCUT2D eigenvalue weighted by atomic mass is 10.2. The zero-order chi connectivity index (χ0) is 13.4. The molecule has 0 aliphatic rings. The van der Waals surface area contributed by atoms with Crippen molar-refractivity contribution in [1.29, 1.82) is 0 Å². The molecule has 0 aliphatic heterocycles.